The first-order chi connectivity index (χ1) is 22.3. The first kappa shape index (κ1) is 25.3. The van der Waals surface area contributed by atoms with Gasteiger partial charge in [-0.1, -0.05) is 97.1 Å². The summed E-state index contributed by atoms with van der Waals surface area (Å²) < 4.78 is 6.31. The second-order valence-electron chi connectivity index (χ2n) is 11.1. The minimum absolute atomic E-state index is 0.557. The van der Waals surface area contributed by atoms with Gasteiger partial charge in [0, 0.05) is 33.0 Å². The van der Waals surface area contributed by atoms with Gasteiger partial charge >= 0.3 is 0 Å². The van der Waals surface area contributed by atoms with Crippen molar-refractivity contribution in [3.05, 3.63) is 146 Å². The number of nitrogens with zero attached hydrogens (tertiary/aromatic N) is 4. The van der Waals surface area contributed by atoms with Gasteiger partial charge in [0.1, 0.15) is 17.2 Å². The summed E-state index contributed by atoms with van der Waals surface area (Å²) in [4.78, 5) is 20.0. The zero-order valence-electron chi connectivity index (χ0n) is 24.1. The van der Waals surface area contributed by atoms with Crippen LogP contribution in [0.2, 0.25) is 0 Å². The zero-order valence-corrected chi connectivity index (χ0v) is 24.1. The van der Waals surface area contributed by atoms with Gasteiger partial charge in [-0.25, -0.2) is 19.9 Å². The van der Waals surface area contributed by atoms with Crippen LogP contribution in [-0.2, 0) is 0 Å². The van der Waals surface area contributed by atoms with Crippen molar-refractivity contribution < 1.29 is 4.74 Å². The maximum atomic E-state index is 6.31. The summed E-state index contributed by atoms with van der Waals surface area (Å²) in [6, 6.07) is 49.2. The largest absolute Gasteiger partial charge is 0.456 e. The van der Waals surface area contributed by atoms with Crippen LogP contribution in [0.5, 0.6) is 11.5 Å². The lowest BCUT2D eigenvalue weighted by Gasteiger charge is -2.22. The van der Waals surface area contributed by atoms with E-state index < -0.39 is 0 Å². The molecule has 0 saturated carbocycles. The van der Waals surface area contributed by atoms with E-state index >= 15 is 0 Å². The Morgan fingerprint density at radius 3 is 1.80 bits per heavy atom. The highest BCUT2D eigenvalue weighted by atomic mass is 16.5. The van der Waals surface area contributed by atoms with Gasteiger partial charge in [-0.15, -0.1) is 0 Å². The summed E-state index contributed by atoms with van der Waals surface area (Å²) in [5.74, 6) is 2.29. The Morgan fingerprint density at radius 2 is 1.04 bits per heavy atom. The third-order valence-electron chi connectivity index (χ3n) is 8.32. The van der Waals surface area contributed by atoms with Crippen molar-refractivity contribution in [2.24, 2.45) is 0 Å². The van der Waals surface area contributed by atoms with Gasteiger partial charge in [0.25, 0.3) is 0 Å². The Morgan fingerprint density at radius 1 is 0.400 bits per heavy atom. The van der Waals surface area contributed by atoms with E-state index in [0.717, 1.165) is 72.6 Å². The molecule has 0 fully saturated rings. The molecule has 0 aliphatic carbocycles. The van der Waals surface area contributed by atoms with Crippen molar-refractivity contribution in [2.75, 3.05) is 0 Å². The molecule has 0 saturated heterocycles. The topological polar surface area (TPSA) is 60.8 Å². The van der Waals surface area contributed by atoms with Crippen molar-refractivity contribution in [1.29, 1.82) is 0 Å². The van der Waals surface area contributed by atoms with Crippen molar-refractivity contribution in [3.63, 3.8) is 0 Å². The molecule has 210 valence electrons. The van der Waals surface area contributed by atoms with Crippen LogP contribution in [0.4, 0.5) is 0 Å². The lowest BCUT2D eigenvalue weighted by atomic mass is 9.91. The van der Waals surface area contributed by atoms with Gasteiger partial charge in [-0.05, 0) is 59.5 Å². The Hall–Kier alpha value is -6.20. The second-order valence-corrected chi connectivity index (χ2v) is 11.1. The molecule has 0 atom stereocenters. The Bertz CT molecular complexity index is 2350. The van der Waals surface area contributed by atoms with Gasteiger partial charge in [0.2, 0.25) is 0 Å². The number of rotatable bonds is 4. The molecule has 5 aromatic carbocycles. The molecular formula is C40H24N4O. The van der Waals surface area contributed by atoms with Crippen molar-refractivity contribution in [1.82, 2.24) is 19.9 Å². The van der Waals surface area contributed by atoms with Crippen LogP contribution >= 0.6 is 0 Å². The van der Waals surface area contributed by atoms with E-state index in [1.54, 1.807) is 0 Å². The number of aromatic nitrogens is 4. The molecule has 0 unspecified atom stereocenters. The van der Waals surface area contributed by atoms with Crippen LogP contribution in [0.25, 0.3) is 78.2 Å². The van der Waals surface area contributed by atoms with Gasteiger partial charge < -0.3 is 4.74 Å². The molecule has 0 N–H and O–H groups in total. The van der Waals surface area contributed by atoms with E-state index in [0.29, 0.717) is 17.2 Å². The highest BCUT2D eigenvalue weighted by Crippen LogP contribution is 2.48. The quantitative estimate of drug-likeness (QED) is 0.209. The summed E-state index contributed by atoms with van der Waals surface area (Å²) in [6.07, 6.45) is 0. The predicted octanol–water partition coefficient (Wildman–Crippen LogP) is 10.0. The van der Waals surface area contributed by atoms with E-state index in [1.807, 2.05) is 78.9 Å². The molecule has 5 heteroatoms. The number of hydrogen-bond acceptors (Lipinski definition) is 5. The van der Waals surface area contributed by atoms with Gasteiger partial charge in [0.05, 0.1) is 17.1 Å². The molecule has 0 radical (unpaired) electrons. The smallest absolute Gasteiger partial charge is 0.179 e. The summed E-state index contributed by atoms with van der Waals surface area (Å²) in [7, 11) is 0. The second kappa shape index (κ2) is 10.2. The third kappa shape index (κ3) is 4.33. The van der Waals surface area contributed by atoms with E-state index in [-0.39, 0.29) is 0 Å². The molecule has 0 spiro atoms. The third-order valence-corrected chi connectivity index (χ3v) is 8.32. The first-order valence-electron chi connectivity index (χ1n) is 14.9. The summed E-state index contributed by atoms with van der Waals surface area (Å²) in [5, 5.41) is 3.13. The summed E-state index contributed by atoms with van der Waals surface area (Å²) in [6.45, 7) is 0. The number of fused-ring (bicyclic) bond motifs is 3. The fraction of sp³-hybridized carbons (Fsp3) is 0. The minimum Gasteiger partial charge on any atom is -0.456 e. The molecule has 0 bridgehead atoms. The fourth-order valence-corrected chi connectivity index (χ4v) is 6.15. The SMILES string of the molecule is c1ccc(-c2cc(-c3ccccc3)nc(-c3ccc4ccc(-c5ccc6c7c(cccc57)-c5ccccc5O6)nc4n3)n2)cc1. The Balaban J connectivity index is 1.18. The first-order valence-corrected chi connectivity index (χ1v) is 14.9. The lowest BCUT2D eigenvalue weighted by molar-refractivity contribution is 0.487. The van der Waals surface area contributed by atoms with E-state index in [2.05, 4.69) is 66.7 Å². The Kier molecular flexibility index (Phi) is 5.74. The number of ether oxygens (including phenoxy) is 1. The highest BCUT2D eigenvalue weighted by Gasteiger charge is 2.21. The maximum Gasteiger partial charge on any atom is 0.179 e. The summed E-state index contributed by atoms with van der Waals surface area (Å²) >= 11 is 0. The van der Waals surface area contributed by atoms with Crippen LogP contribution in [0.3, 0.4) is 0 Å². The van der Waals surface area contributed by atoms with Gasteiger partial charge in [-0.3, -0.25) is 0 Å². The number of para-hydroxylation sites is 1. The van der Waals surface area contributed by atoms with Crippen LogP contribution in [0.15, 0.2) is 146 Å². The molecule has 0 amide bonds. The molecule has 8 aromatic rings. The van der Waals surface area contributed by atoms with Gasteiger partial charge in [-0.2, -0.15) is 0 Å². The number of pyridine rings is 2. The van der Waals surface area contributed by atoms with Crippen molar-refractivity contribution >= 4 is 21.8 Å². The van der Waals surface area contributed by atoms with Crippen LogP contribution in [-0.4, -0.2) is 19.9 Å². The number of hydrogen-bond donors (Lipinski definition) is 0. The van der Waals surface area contributed by atoms with E-state index in [9.17, 15) is 0 Å². The molecule has 9 rings (SSSR count). The van der Waals surface area contributed by atoms with E-state index in [4.69, 9.17) is 24.7 Å². The average Bonchev–Trinajstić information content (AvgIpc) is 3.12. The standard InChI is InChI=1S/C40H24N4O/c1-3-10-25(11-4-1)34-24-35(26-12-5-2-6-13-26)44-40(43-34)33-22-19-27-18-21-32(41-39(27)42-33)28-20-23-37-38-30(28)15-9-16-31(38)29-14-7-8-17-36(29)45-37/h1-24H. The highest BCUT2D eigenvalue weighted by molar-refractivity contribution is 6.09. The van der Waals surface area contributed by atoms with Gasteiger partial charge in [0.15, 0.2) is 11.5 Å². The zero-order chi connectivity index (χ0) is 29.7. The minimum atomic E-state index is 0.557. The van der Waals surface area contributed by atoms with Crippen LogP contribution < -0.4 is 4.74 Å². The summed E-state index contributed by atoms with van der Waals surface area (Å²) in [5.41, 5.74) is 9.18. The van der Waals surface area contributed by atoms with Crippen molar-refractivity contribution in [2.45, 2.75) is 0 Å². The normalized spacial score (nSPS) is 11.7. The molecule has 45 heavy (non-hydrogen) atoms. The van der Waals surface area contributed by atoms with Crippen molar-refractivity contribution in [3.8, 4) is 67.9 Å². The average molecular weight is 577 g/mol. The van der Waals surface area contributed by atoms with Crippen LogP contribution in [0, 0.1) is 0 Å². The monoisotopic (exact) mass is 576 g/mol. The Labute approximate surface area is 259 Å². The molecule has 1 aliphatic rings. The van der Waals surface area contributed by atoms with E-state index in [1.165, 1.54) is 0 Å². The number of benzene rings is 5. The molecule has 4 heterocycles. The fourth-order valence-electron chi connectivity index (χ4n) is 6.15. The molecule has 1 aliphatic heterocycles. The van der Waals surface area contributed by atoms with Crippen LogP contribution in [0.1, 0.15) is 0 Å². The molecular weight excluding hydrogens is 552 g/mol. The maximum absolute atomic E-state index is 6.31. The predicted molar refractivity (Wildman–Crippen MR) is 180 cm³/mol. The molecule has 5 nitrogen and oxygen atoms in total. The lowest BCUT2D eigenvalue weighted by Crippen LogP contribution is -1.99. The molecule has 3 aromatic heterocycles.